The van der Waals surface area contributed by atoms with Gasteiger partial charge in [-0.05, 0) is 49.7 Å². The van der Waals surface area contributed by atoms with Gasteiger partial charge in [-0.25, -0.2) is 0 Å². The molecule has 0 aromatic heterocycles. The Morgan fingerprint density at radius 1 is 1.18 bits per heavy atom. The highest BCUT2D eigenvalue weighted by atomic mass is 35.5. The van der Waals surface area contributed by atoms with E-state index in [4.69, 9.17) is 22.1 Å². The first-order valence-corrected chi connectivity index (χ1v) is 7.23. The minimum Gasteiger partial charge on any atom is -0.495 e. The fourth-order valence-electron chi connectivity index (χ4n) is 2.06. The molecule has 0 aliphatic rings. The zero-order valence-corrected chi connectivity index (χ0v) is 13.6. The SMILES string of the molecule is COc1ccc(NC(=O)C(C)(C)c2ccc(N)cc2)cc1Cl. The summed E-state index contributed by atoms with van der Waals surface area (Å²) >= 11 is 6.07. The maximum Gasteiger partial charge on any atom is 0.234 e. The van der Waals surface area contributed by atoms with Gasteiger partial charge in [0.2, 0.25) is 5.91 Å². The van der Waals surface area contributed by atoms with E-state index in [1.165, 1.54) is 0 Å². The topological polar surface area (TPSA) is 64.3 Å². The highest BCUT2D eigenvalue weighted by Gasteiger charge is 2.29. The average Bonchev–Trinajstić information content (AvgIpc) is 2.48. The Morgan fingerprint density at radius 2 is 1.82 bits per heavy atom. The molecular formula is C17H19ClN2O2. The Hall–Kier alpha value is -2.20. The average molecular weight is 319 g/mol. The maximum atomic E-state index is 12.6. The van der Waals surface area contributed by atoms with Gasteiger partial charge in [0.1, 0.15) is 5.75 Å². The molecule has 4 nitrogen and oxygen atoms in total. The number of methoxy groups -OCH3 is 1. The van der Waals surface area contributed by atoms with Crippen LogP contribution < -0.4 is 15.8 Å². The van der Waals surface area contributed by atoms with E-state index in [1.807, 2.05) is 26.0 Å². The van der Waals surface area contributed by atoms with Crippen LogP contribution in [0.1, 0.15) is 19.4 Å². The molecule has 2 aromatic carbocycles. The minimum absolute atomic E-state index is 0.126. The summed E-state index contributed by atoms with van der Waals surface area (Å²) in [5.41, 5.74) is 7.17. The molecule has 22 heavy (non-hydrogen) atoms. The lowest BCUT2D eigenvalue weighted by molar-refractivity contribution is -0.120. The summed E-state index contributed by atoms with van der Waals surface area (Å²) in [6.45, 7) is 3.72. The van der Waals surface area contributed by atoms with E-state index in [9.17, 15) is 4.79 Å². The minimum atomic E-state index is -0.694. The van der Waals surface area contributed by atoms with Crippen molar-refractivity contribution >= 4 is 28.9 Å². The number of halogens is 1. The third kappa shape index (κ3) is 3.34. The molecule has 0 radical (unpaired) electrons. The van der Waals surface area contributed by atoms with Crippen LogP contribution in [0.5, 0.6) is 5.75 Å². The van der Waals surface area contributed by atoms with Gasteiger partial charge in [0, 0.05) is 11.4 Å². The van der Waals surface area contributed by atoms with Gasteiger partial charge in [-0.3, -0.25) is 4.79 Å². The summed E-state index contributed by atoms with van der Waals surface area (Å²) in [4.78, 5) is 12.6. The summed E-state index contributed by atoms with van der Waals surface area (Å²) in [6.07, 6.45) is 0. The predicted octanol–water partition coefficient (Wildman–Crippen LogP) is 3.85. The third-order valence-corrected chi connectivity index (χ3v) is 3.91. The van der Waals surface area contributed by atoms with Crippen LogP contribution in [0.4, 0.5) is 11.4 Å². The van der Waals surface area contributed by atoms with Crippen LogP contribution in [-0.2, 0) is 10.2 Å². The second-order valence-electron chi connectivity index (χ2n) is 5.55. The maximum absolute atomic E-state index is 12.6. The number of anilines is 2. The molecule has 2 rings (SSSR count). The Balaban J connectivity index is 2.20. The fraction of sp³-hybridized carbons (Fsp3) is 0.235. The number of ether oxygens (including phenoxy) is 1. The standard InChI is InChI=1S/C17H19ClN2O2/c1-17(2,11-4-6-12(19)7-5-11)16(21)20-13-8-9-15(22-3)14(18)10-13/h4-10H,19H2,1-3H3,(H,20,21). The quantitative estimate of drug-likeness (QED) is 0.842. The number of nitrogen functional groups attached to an aromatic ring is 1. The lowest BCUT2D eigenvalue weighted by atomic mass is 9.83. The number of nitrogens with one attached hydrogen (secondary N) is 1. The van der Waals surface area contributed by atoms with Crippen molar-refractivity contribution in [1.29, 1.82) is 0 Å². The van der Waals surface area contributed by atoms with Crippen LogP contribution in [0.3, 0.4) is 0 Å². The number of nitrogens with two attached hydrogens (primary N) is 1. The van der Waals surface area contributed by atoms with Crippen LogP contribution in [0.2, 0.25) is 5.02 Å². The van der Waals surface area contributed by atoms with Crippen LogP contribution in [0, 0.1) is 0 Å². The number of amides is 1. The highest BCUT2D eigenvalue weighted by Crippen LogP contribution is 2.29. The number of carbonyl (C=O) groups excluding carboxylic acids is 1. The van der Waals surface area contributed by atoms with E-state index in [1.54, 1.807) is 37.4 Å². The molecule has 0 saturated carbocycles. The first kappa shape index (κ1) is 16.2. The van der Waals surface area contributed by atoms with E-state index in [2.05, 4.69) is 5.32 Å². The third-order valence-electron chi connectivity index (χ3n) is 3.61. The van der Waals surface area contributed by atoms with E-state index >= 15 is 0 Å². The van der Waals surface area contributed by atoms with Crippen molar-refractivity contribution in [1.82, 2.24) is 0 Å². The van der Waals surface area contributed by atoms with Crippen molar-refractivity contribution in [2.45, 2.75) is 19.3 Å². The van der Waals surface area contributed by atoms with Gasteiger partial charge in [0.05, 0.1) is 17.5 Å². The van der Waals surface area contributed by atoms with Gasteiger partial charge in [0.25, 0.3) is 0 Å². The number of rotatable bonds is 4. The molecule has 0 bridgehead atoms. The lowest BCUT2D eigenvalue weighted by Gasteiger charge is -2.24. The van der Waals surface area contributed by atoms with E-state index in [0.29, 0.717) is 22.1 Å². The molecule has 0 fully saturated rings. The number of benzene rings is 2. The molecule has 0 atom stereocenters. The summed E-state index contributed by atoms with van der Waals surface area (Å²) in [5.74, 6) is 0.441. The summed E-state index contributed by atoms with van der Waals surface area (Å²) in [7, 11) is 1.55. The Labute approximate surface area is 135 Å². The van der Waals surface area contributed by atoms with E-state index < -0.39 is 5.41 Å². The molecule has 3 N–H and O–H groups in total. The Bertz CT molecular complexity index is 682. The van der Waals surface area contributed by atoms with Crippen molar-refractivity contribution < 1.29 is 9.53 Å². The molecule has 0 spiro atoms. The second-order valence-corrected chi connectivity index (χ2v) is 5.96. The van der Waals surface area contributed by atoms with E-state index in [0.717, 1.165) is 5.56 Å². The zero-order valence-electron chi connectivity index (χ0n) is 12.8. The van der Waals surface area contributed by atoms with Gasteiger partial charge in [-0.2, -0.15) is 0 Å². The first-order valence-electron chi connectivity index (χ1n) is 6.85. The van der Waals surface area contributed by atoms with Crippen molar-refractivity contribution in [3.8, 4) is 5.75 Å². The lowest BCUT2D eigenvalue weighted by Crippen LogP contribution is -2.34. The molecule has 0 aliphatic carbocycles. The van der Waals surface area contributed by atoms with Gasteiger partial charge in [-0.1, -0.05) is 23.7 Å². The Kier molecular flexibility index (Phi) is 4.62. The van der Waals surface area contributed by atoms with E-state index in [-0.39, 0.29) is 5.91 Å². The largest absolute Gasteiger partial charge is 0.495 e. The van der Waals surface area contributed by atoms with Crippen molar-refractivity contribution in [2.24, 2.45) is 0 Å². The summed E-state index contributed by atoms with van der Waals surface area (Å²) in [6, 6.07) is 12.4. The molecule has 1 amide bonds. The van der Waals surface area contributed by atoms with Gasteiger partial charge in [0.15, 0.2) is 0 Å². The Morgan fingerprint density at radius 3 is 2.36 bits per heavy atom. The van der Waals surface area contributed by atoms with Crippen LogP contribution in [0.15, 0.2) is 42.5 Å². The number of carbonyl (C=O) groups is 1. The number of hydrogen-bond acceptors (Lipinski definition) is 3. The van der Waals surface area contributed by atoms with Crippen molar-refractivity contribution in [2.75, 3.05) is 18.2 Å². The number of hydrogen-bond donors (Lipinski definition) is 2. The predicted molar refractivity (Wildman–Crippen MR) is 90.5 cm³/mol. The van der Waals surface area contributed by atoms with Gasteiger partial charge < -0.3 is 15.8 Å². The molecular weight excluding hydrogens is 300 g/mol. The highest BCUT2D eigenvalue weighted by molar-refractivity contribution is 6.32. The molecule has 116 valence electrons. The zero-order chi connectivity index (χ0) is 16.3. The van der Waals surface area contributed by atoms with Crippen LogP contribution in [0.25, 0.3) is 0 Å². The fourth-order valence-corrected chi connectivity index (χ4v) is 2.32. The second kappa shape index (κ2) is 6.28. The molecule has 0 unspecified atom stereocenters. The van der Waals surface area contributed by atoms with Crippen molar-refractivity contribution in [3.63, 3.8) is 0 Å². The summed E-state index contributed by atoms with van der Waals surface area (Å²) < 4.78 is 5.10. The van der Waals surface area contributed by atoms with Gasteiger partial charge >= 0.3 is 0 Å². The summed E-state index contributed by atoms with van der Waals surface area (Å²) in [5, 5.41) is 3.33. The molecule has 2 aromatic rings. The molecule has 5 heteroatoms. The monoisotopic (exact) mass is 318 g/mol. The molecule has 0 saturated heterocycles. The first-order chi connectivity index (χ1) is 10.3. The molecule has 0 heterocycles. The van der Waals surface area contributed by atoms with Crippen LogP contribution >= 0.6 is 11.6 Å². The van der Waals surface area contributed by atoms with Gasteiger partial charge in [-0.15, -0.1) is 0 Å². The van der Waals surface area contributed by atoms with Crippen molar-refractivity contribution in [3.05, 3.63) is 53.1 Å². The molecule has 0 aliphatic heterocycles. The smallest absolute Gasteiger partial charge is 0.234 e. The normalized spacial score (nSPS) is 11.1. The van der Waals surface area contributed by atoms with Crippen LogP contribution in [-0.4, -0.2) is 13.0 Å².